The molecular formula is C4H11N4O3-. The summed E-state index contributed by atoms with van der Waals surface area (Å²) in [5, 5.41) is 31.7. The minimum absolute atomic E-state index is 0.0619. The van der Waals surface area contributed by atoms with Gasteiger partial charge in [-0.05, 0) is 5.28 Å². The molecule has 0 saturated carbocycles. The first-order valence-electron chi connectivity index (χ1n) is 3.12. The van der Waals surface area contributed by atoms with Crippen LogP contribution in [-0.4, -0.2) is 41.3 Å². The highest BCUT2D eigenvalue weighted by Gasteiger charge is 2.07. The summed E-state index contributed by atoms with van der Waals surface area (Å²) in [5.41, 5.74) is 5.12. The van der Waals surface area contributed by atoms with Crippen molar-refractivity contribution in [3.05, 3.63) is 10.4 Å². The molecule has 0 unspecified atom stereocenters. The number of hydrogen-bond acceptors (Lipinski definition) is 5. The van der Waals surface area contributed by atoms with E-state index in [1.807, 2.05) is 0 Å². The Kier molecular flexibility index (Phi) is 5.13. The standard InChI is InChI=1S/C4H12N4O3/c5-1-2-7(3-4-9)8(11)6-10/h9-10H,1-5H2/p-1/b8-6-. The minimum atomic E-state index is -0.214. The van der Waals surface area contributed by atoms with Gasteiger partial charge < -0.3 is 21.3 Å². The summed E-state index contributed by atoms with van der Waals surface area (Å²) in [6.45, 7) is 0.282. The van der Waals surface area contributed by atoms with E-state index in [-0.39, 0.29) is 31.2 Å². The van der Waals surface area contributed by atoms with Crippen LogP contribution in [0.15, 0.2) is 5.28 Å². The Morgan fingerprint density at radius 1 is 1.55 bits per heavy atom. The van der Waals surface area contributed by atoms with Gasteiger partial charge in [0.25, 0.3) is 0 Å². The summed E-state index contributed by atoms with van der Waals surface area (Å²) in [4.78, 5) is -0.122. The van der Waals surface area contributed by atoms with Crippen molar-refractivity contribution in [2.45, 2.75) is 0 Å². The van der Waals surface area contributed by atoms with Crippen molar-refractivity contribution in [2.75, 3.05) is 26.2 Å². The zero-order valence-electron chi connectivity index (χ0n) is 6.01. The molecule has 7 nitrogen and oxygen atoms in total. The predicted octanol–water partition coefficient (Wildman–Crippen LogP) is -1.39. The van der Waals surface area contributed by atoms with E-state index >= 15 is 0 Å². The molecule has 0 heterocycles. The van der Waals surface area contributed by atoms with Crippen molar-refractivity contribution >= 4 is 0 Å². The van der Waals surface area contributed by atoms with E-state index < -0.39 is 0 Å². The lowest BCUT2D eigenvalue weighted by Gasteiger charge is -2.17. The van der Waals surface area contributed by atoms with Crippen molar-refractivity contribution in [3.63, 3.8) is 0 Å². The van der Waals surface area contributed by atoms with Crippen molar-refractivity contribution in [1.29, 1.82) is 0 Å². The van der Waals surface area contributed by atoms with Crippen LogP contribution in [-0.2, 0) is 0 Å². The van der Waals surface area contributed by atoms with E-state index in [2.05, 4.69) is 5.28 Å². The molecule has 0 aromatic rings. The molecule has 0 saturated heterocycles. The third-order valence-corrected chi connectivity index (χ3v) is 1.06. The van der Waals surface area contributed by atoms with E-state index in [1.165, 1.54) is 0 Å². The lowest BCUT2D eigenvalue weighted by molar-refractivity contribution is -0.690. The Labute approximate surface area is 63.9 Å². The maximum atomic E-state index is 10.5. The second-order valence-corrected chi connectivity index (χ2v) is 1.80. The number of nitrogens with two attached hydrogens (primary N) is 1. The minimum Gasteiger partial charge on any atom is -0.737 e. The fraction of sp³-hybridized carbons (Fsp3) is 1.00. The molecule has 0 spiro atoms. The Hall–Kier alpha value is -1.08. The first kappa shape index (κ1) is 9.92. The second kappa shape index (κ2) is 5.69. The summed E-state index contributed by atoms with van der Waals surface area (Å²) in [7, 11) is 0. The van der Waals surface area contributed by atoms with Gasteiger partial charge in [-0.15, -0.1) is 5.01 Å². The van der Waals surface area contributed by atoms with Crippen LogP contribution in [0.25, 0.3) is 0 Å². The van der Waals surface area contributed by atoms with Crippen molar-refractivity contribution in [2.24, 2.45) is 11.0 Å². The van der Waals surface area contributed by atoms with Crippen LogP contribution in [0.3, 0.4) is 0 Å². The Balaban J connectivity index is 3.87. The van der Waals surface area contributed by atoms with Crippen LogP contribution in [0.5, 0.6) is 0 Å². The second-order valence-electron chi connectivity index (χ2n) is 1.80. The first-order valence-corrected chi connectivity index (χ1v) is 3.12. The lowest BCUT2D eigenvalue weighted by atomic mass is 10.6. The Bertz CT molecular complexity index is 123. The van der Waals surface area contributed by atoms with Gasteiger partial charge in [-0.3, -0.25) is 0 Å². The lowest BCUT2D eigenvalue weighted by Crippen LogP contribution is -2.37. The average Bonchev–Trinajstić information content (AvgIpc) is 2.03. The van der Waals surface area contributed by atoms with Crippen LogP contribution in [0.1, 0.15) is 0 Å². The van der Waals surface area contributed by atoms with E-state index in [9.17, 15) is 10.4 Å². The molecule has 66 valence electrons. The number of aliphatic hydroxyl groups excluding tert-OH is 1. The van der Waals surface area contributed by atoms with Crippen molar-refractivity contribution in [3.8, 4) is 0 Å². The van der Waals surface area contributed by atoms with Crippen LogP contribution >= 0.6 is 0 Å². The third-order valence-electron chi connectivity index (χ3n) is 1.06. The van der Waals surface area contributed by atoms with Crippen LogP contribution < -0.4 is 5.73 Å². The fourth-order valence-electron chi connectivity index (χ4n) is 0.599. The third kappa shape index (κ3) is 3.58. The fourth-order valence-corrected chi connectivity index (χ4v) is 0.599. The van der Waals surface area contributed by atoms with Crippen LogP contribution in [0, 0.1) is 10.4 Å². The van der Waals surface area contributed by atoms with Gasteiger partial charge in [0.15, 0.2) is 0 Å². The highest BCUT2D eigenvalue weighted by molar-refractivity contribution is 4.43. The SMILES string of the molecule is NCCN(CCO)/[N+]([O-])=N/[O-]. The van der Waals surface area contributed by atoms with Crippen LogP contribution in [0.4, 0.5) is 0 Å². The van der Waals surface area contributed by atoms with Gasteiger partial charge >= 0.3 is 0 Å². The molecule has 0 aromatic heterocycles. The molecule has 0 rings (SSSR count). The first-order chi connectivity index (χ1) is 5.26. The van der Waals surface area contributed by atoms with E-state index in [4.69, 9.17) is 10.8 Å². The summed E-state index contributed by atoms with van der Waals surface area (Å²) in [6, 6.07) is 0. The smallest absolute Gasteiger partial charge is 0.0999 e. The van der Waals surface area contributed by atoms with E-state index in [0.29, 0.717) is 0 Å². The van der Waals surface area contributed by atoms with Crippen molar-refractivity contribution < 1.29 is 10.1 Å². The summed E-state index contributed by atoms with van der Waals surface area (Å²) in [6.07, 6.45) is 0. The molecule has 0 aliphatic carbocycles. The molecule has 7 heteroatoms. The van der Waals surface area contributed by atoms with Gasteiger partial charge in [-0.2, -0.15) is 0 Å². The van der Waals surface area contributed by atoms with Gasteiger partial charge in [0, 0.05) is 11.5 Å². The molecule has 0 atom stereocenters. The van der Waals surface area contributed by atoms with Crippen molar-refractivity contribution in [1.82, 2.24) is 5.01 Å². The quantitative estimate of drug-likeness (QED) is 0.294. The normalized spacial score (nSPS) is 11.6. The maximum absolute atomic E-state index is 10.5. The van der Waals surface area contributed by atoms with Gasteiger partial charge in [-0.25, -0.2) is 0 Å². The molecule has 0 bridgehead atoms. The highest BCUT2D eigenvalue weighted by Crippen LogP contribution is 1.87. The van der Waals surface area contributed by atoms with E-state index in [1.54, 1.807) is 0 Å². The highest BCUT2D eigenvalue weighted by atomic mass is 16.6. The van der Waals surface area contributed by atoms with Crippen LogP contribution in [0.2, 0.25) is 0 Å². The molecule has 0 amide bonds. The zero-order valence-corrected chi connectivity index (χ0v) is 6.01. The molecule has 0 aliphatic heterocycles. The Morgan fingerprint density at radius 2 is 2.18 bits per heavy atom. The topological polar surface area (TPSA) is 111 Å². The van der Waals surface area contributed by atoms with Gasteiger partial charge in [-0.1, -0.05) is 0 Å². The molecule has 0 aromatic carbocycles. The monoisotopic (exact) mass is 163 g/mol. The molecule has 0 radical (unpaired) electrons. The summed E-state index contributed by atoms with van der Waals surface area (Å²) in [5.74, 6) is 0. The molecular weight excluding hydrogens is 152 g/mol. The van der Waals surface area contributed by atoms with Gasteiger partial charge in [0.05, 0.1) is 19.7 Å². The predicted molar refractivity (Wildman–Crippen MR) is 37.1 cm³/mol. The largest absolute Gasteiger partial charge is 0.737 e. The number of aliphatic hydroxyl groups is 1. The molecule has 0 fully saturated rings. The molecule has 0 aliphatic rings. The number of hydrazine groups is 1. The maximum Gasteiger partial charge on any atom is 0.0999 e. The molecule has 11 heavy (non-hydrogen) atoms. The van der Waals surface area contributed by atoms with Gasteiger partial charge in [0.1, 0.15) is 0 Å². The number of rotatable bonds is 5. The average molecular weight is 163 g/mol. The van der Waals surface area contributed by atoms with Gasteiger partial charge in [0.2, 0.25) is 0 Å². The van der Waals surface area contributed by atoms with E-state index in [0.717, 1.165) is 5.01 Å². The summed E-state index contributed by atoms with van der Waals surface area (Å²) >= 11 is 0. The Morgan fingerprint density at radius 3 is 2.55 bits per heavy atom. The summed E-state index contributed by atoms with van der Waals surface area (Å²) < 4.78 is 0. The molecule has 3 N–H and O–H groups in total. The number of hydrogen-bond donors (Lipinski definition) is 2. The zero-order chi connectivity index (χ0) is 8.69. The number of nitrogens with zero attached hydrogens (tertiary/aromatic N) is 3.